The van der Waals surface area contributed by atoms with E-state index in [1.807, 2.05) is 4.90 Å². The number of halogens is 6. The number of benzene rings is 1. The molecule has 186 valence electrons. The van der Waals surface area contributed by atoms with Crippen LogP contribution in [0.4, 0.5) is 26.3 Å². The first kappa shape index (κ1) is 27.1. The maximum absolute atomic E-state index is 13.0. The van der Waals surface area contributed by atoms with Crippen LogP contribution in [-0.2, 0) is 17.1 Å². The molecule has 0 unspecified atom stereocenters. The topological polar surface area (TPSA) is 75.4 Å². The molecule has 1 saturated heterocycles. The number of nitrogens with zero attached hydrogens (tertiary/aromatic N) is 1. The lowest BCUT2D eigenvalue weighted by molar-refractivity contribution is -0.143. The van der Waals surface area contributed by atoms with E-state index in [1.54, 1.807) is 20.8 Å². The molecule has 11 heteroatoms. The van der Waals surface area contributed by atoms with E-state index in [0.717, 1.165) is 0 Å². The van der Waals surface area contributed by atoms with Crippen LogP contribution in [0.15, 0.2) is 18.2 Å². The van der Waals surface area contributed by atoms with Crippen molar-refractivity contribution in [2.45, 2.75) is 52.0 Å². The molecule has 1 aliphatic heterocycles. The highest BCUT2D eigenvalue weighted by atomic mass is 19.4. The first-order chi connectivity index (χ1) is 15.0. The minimum absolute atomic E-state index is 0.00706. The third kappa shape index (κ3) is 7.70. The number of rotatable bonds is 6. The maximum atomic E-state index is 13.0. The van der Waals surface area contributed by atoms with Crippen LogP contribution in [0.25, 0.3) is 0 Å². The number of carbonyl (C=O) groups is 2. The van der Waals surface area contributed by atoms with Gasteiger partial charge in [-0.05, 0) is 50.0 Å². The molecule has 1 amide bonds. The summed E-state index contributed by atoms with van der Waals surface area (Å²) < 4.78 is 77.9. The minimum atomic E-state index is -5.02. The van der Waals surface area contributed by atoms with E-state index in [2.05, 4.69) is 5.32 Å². The van der Waals surface area contributed by atoms with Gasteiger partial charge < -0.3 is 16.0 Å². The Bertz CT molecular complexity index is 821. The third-order valence-electron chi connectivity index (χ3n) is 5.64. The van der Waals surface area contributed by atoms with Crippen LogP contribution in [0.1, 0.15) is 55.1 Å². The van der Waals surface area contributed by atoms with Gasteiger partial charge in [0.25, 0.3) is 5.91 Å². The lowest BCUT2D eigenvalue weighted by Crippen LogP contribution is -2.49. The number of hydrogen-bond acceptors (Lipinski definition) is 4. The summed E-state index contributed by atoms with van der Waals surface area (Å²) in [4.78, 5) is 26.6. The second kappa shape index (κ2) is 10.0. The van der Waals surface area contributed by atoms with Crippen molar-refractivity contribution < 1.29 is 35.9 Å². The van der Waals surface area contributed by atoms with Crippen molar-refractivity contribution in [1.82, 2.24) is 10.2 Å². The van der Waals surface area contributed by atoms with Crippen molar-refractivity contribution in [2.75, 3.05) is 26.2 Å². The second-order valence-corrected chi connectivity index (χ2v) is 9.47. The van der Waals surface area contributed by atoms with Gasteiger partial charge in [0.1, 0.15) is 0 Å². The highest BCUT2D eigenvalue weighted by Gasteiger charge is 2.37. The van der Waals surface area contributed by atoms with Crippen LogP contribution in [0.2, 0.25) is 0 Å². The van der Waals surface area contributed by atoms with Crippen LogP contribution in [0.5, 0.6) is 0 Å². The summed E-state index contributed by atoms with van der Waals surface area (Å²) in [6, 6.07) is 0.202. The second-order valence-electron chi connectivity index (χ2n) is 9.47. The molecule has 3 N–H and O–H groups in total. The number of piperidine rings is 1. The van der Waals surface area contributed by atoms with Gasteiger partial charge in [-0.15, -0.1) is 0 Å². The number of amides is 1. The van der Waals surface area contributed by atoms with Gasteiger partial charge in [0, 0.05) is 24.1 Å². The Labute approximate surface area is 188 Å². The Morgan fingerprint density at radius 2 is 1.48 bits per heavy atom. The van der Waals surface area contributed by atoms with E-state index in [0.29, 0.717) is 44.6 Å². The molecule has 0 aromatic heterocycles. The summed E-state index contributed by atoms with van der Waals surface area (Å²) in [7, 11) is 0. The SMILES string of the molecule is CC(C)(C)C(=O)[C@@H](N)CN1CCC(CNC(=O)c2cc(C(F)(F)F)cc(C(F)(F)F)c2)CC1. The molecule has 0 aliphatic carbocycles. The summed E-state index contributed by atoms with van der Waals surface area (Å²) in [5, 5.41) is 2.45. The van der Waals surface area contributed by atoms with Crippen LogP contribution in [-0.4, -0.2) is 48.8 Å². The third-order valence-corrected chi connectivity index (χ3v) is 5.64. The zero-order chi connectivity index (χ0) is 25.2. The molecule has 1 fully saturated rings. The van der Waals surface area contributed by atoms with Crippen molar-refractivity contribution in [3.05, 3.63) is 34.9 Å². The lowest BCUT2D eigenvalue weighted by Gasteiger charge is -2.34. The fourth-order valence-corrected chi connectivity index (χ4v) is 3.72. The molecule has 1 aromatic carbocycles. The first-order valence-corrected chi connectivity index (χ1v) is 10.6. The molecule has 0 bridgehead atoms. The number of nitrogens with two attached hydrogens (primary N) is 1. The summed E-state index contributed by atoms with van der Waals surface area (Å²) in [5.41, 5.74) is 1.71. The summed E-state index contributed by atoms with van der Waals surface area (Å²) in [6.45, 7) is 7.16. The molecule has 5 nitrogen and oxygen atoms in total. The van der Waals surface area contributed by atoms with Crippen molar-refractivity contribution >= 4 is 11.7 Å². The van der Waals surface area contributed by atoms with E-state index in [9.17, 15) is 35.9 Å². The van der Waals surface area contributed by atoms with Gasteiger partial charge in [0.2, 0.25) is 0 Å². The van der Waals surface area contributed by atoms with Gasteiger partial charge in [0.05, 0.1) is 17.2 Å². The standard InChI is InChI=1S/C22H29F6N3O2/c1-20(2,3)18(32)17(29)12-31-6-4-13(5-7-31)11-30-19(33)14-8-15(21(23,24)25)10-16(9-14)22(26,27)28/h8-10,13,17H,4-7,11-12,29H2,1-3H3,(H,30,33)/t17-/m0/s1. The Balaban J connectivity index is 1.94. The maximum Gasteiger partial charge on any atom is 0.416 e. The van der Waals surface area contributed by atoms with Crippen LogP contribution >= 0.6 is 0 Å². The Kier molecular flexibility index (Phi) is 8.22. The van der Waals surface area contributed by atoms with Crippen LogP contribution in [0.3, 0.4) is 0 Å². The molecule has 2 rings (SSSR count). The molecule has 1 aromatic rings. The fraction of sp³-hybridized carbons (Fsp3) is 0.636. The largest absolute Gasteiger partial charge is 0.416 e. The van der Waals surface area contributed by atoms with Crippen molar-refractivity contribution in [3.8, 4) is 0 Å². The van der Waals surface area contributed by atoms with Gasteiger partial charge >= 0.3 is 12.4 Å². The summed E-state index contributed by atoms with van der Waals surface area (Å²) in [6.07, 6.45) is -8.74. The number of nitrogens with one attached hydrogen (secondary N) is 1. The average Bonchev–Trinajstić information content (AvgIpc) is 2.70. The Morgan fingerprint density at radius 1 is 1.00 bits per heavy atom. The first-order valence-electron chi connectivity index (χ1n) is 10.6. The zero-order valence-electron chi connectivity index (χ0n) is 18.7. The van der Waals surface area contributed by atoms with Crippen molar-refractivity contribution in [2.24, 2.45) is 17.1 Å². The van der Waals surface area contributed by atoms with Crippen molar-refractivity contribution in [1.29, 1.82) is 0 Å². The summed E-state index contributed by atoms with van der Waals surface area (Å²) >= 11 is 0. The Hall–Kier alpha value is -2.14. The van der Waals surface area contributed by atoms with Crippen LogP contribution < -0.4 is 11.1 Å². The average molecular weight is 481 g/mol. The quantitative estimate of drug-likeness (QED) is 0.600. The molecule has 0 radical (unpaired) electrons. The number of ketones is 1. The number of alkyl halides is 6. The number of likely N-dealkylation sites (tertiary alicyclic amines) is 1. The number of hydrogen-bond donors (Lipinski definition) is 2. The van der Waals surface area contributed by atoms with Crippen molar-refractivity contribution in [3.63, 3.8) is 0 Å². The predicted octanol–water partition coefficient (Wildman–Crippen LogP) is 4.11. The highest BCUT2D eigenvalue weighted by molar-refractivity contribution is 5.94. The molecule has 1 heterocycles. The smallest absolute Gasteiger partial charge is 0.352 e. The van der Waals surface area contributed by atoms with Gasteiger partial charge in [-0.25, -0.2) is 0 Å². The highest BCUT2D eigenvalue weighted by Crippen LogP contribution is 2.36. The van der Waals surface area contributed by atoms with Crippen LogP contribution in [0, 0.1) is 11.3 Å². The van der Waals surface area contributed by atoms with E-state index >= 15 is 0 Å². The van der Waals surface area contributed by atoms with E-state index in [4.69, 9.17) is 5.73 Å². The summed E-state index contributed by atoms with van der Waals surface area (Å²) in [5.74, 6) is -1.03. The molecule has 1 aliphatic rings. The van der Waals surface area contributed by atoms with E-state index in [-0.39, 0.29) is 24.3 Å². The minimum Gasteiger partial charge on any atom is -0.352 e. The molecular formula is C22H29F6N3O2. The number of carbonyl (C=O) groups excluding carboxylic acids is 2. The zero-order valence-corrected chi connectivity index (χ0v) is 18.7. The van der Waals surface area contributed by atoms with Gasteiger partial charge in [-0.3, -0.25) is 9.59 Å². The molecular weight excluding hydrogens is 452 g/mol. The fourth-order valence-electron chi connectivity index (χ4n) is 3.72. The molecule has 1 atom stereocenters. The Morgan fingerprint density at radius 3 is 1.91 bits per heavy atom. The van der Waals surface area contributed by atoms with Gasteiger partial charge in [-0.2, -0.15) is 26.3 Å². The molecule has 33 heavy (non-hydrogen) atoms. The monoisotopic (exact) mass is 481 g/mol. The normalized spacial score (nSPS) is 17.6. The predicted molar refractivity (Wildman–Crippen MR) is 110 cm³/mol. The van der Waals surface area contributed by atoms with E-state index in [1.165, 1.54) is 0 Å². The molecule has 0 saturated carbocycles. The van der Waals surface area contributed by atoms with E-state index < -0.39 is 46.4 Å². The lowest BCUT2D eigenvalue weighted by atomic mass is 9.86. The van der Waals surface area contributed by atoms with Gasteiger partial charge in [-0.1, -0.05) is 20.8 Å². The van der Waals surface area contributed by atoms with Gasteiger partial charge in [0.15, 0.2) is 5.78 Å². The molecule has 0 spiro atoms. The number of Topliss-reactive ketones (excluding diaryl/α,β-unsaturated/α-hetero) is 1.